The molecule has 2 aliphatic heterocycles. The van der Waals surface area contributed by atoms with Crippen LogP contribution in [0.15, 0.2) is 0 Å². The molecule has 3 unspecified atom stereocenters. The second-order valence-corrected chi connectivity index (χ2v) is 5.57. The fraction of sp³-hybridized carbons (Fsp3) is 0.667. The summed E-state index contributed by atoms with van der Waals surface area (Å²) >= 11 is 1.27. The summed E-state index contributed by atoms with van der Waals surface area (Å²) in [5.74, 6) is -1.57. The number of hydrogen-bond acceptors (Lipinski definition) is 7. The Hall–Kier alpha value is -1.74. The maximum absolute atomic E-state index is 9.10. The number of piperidine rings is 1. The number of aromatic nitrogens is 2. The van der Waals surface area contributed by atoms with E-state index < -0.39 is 11.9 Å². The molecular weight excluding hydrogens is 298 g/mol. The summed E-state index contributed by atoms with van der Waals surface area (Å²) in [5.41, 5.74) is 1.09. The van der Waals surface area contributed by atoms with Gasteiger partial charge >= 0.3 is 11.9 Å². The zero-order chi connectivity index (χ0) is 15.4. The first-order valence-electron chi connectivity index (χ1n) is 6.58. The van der Waals surface area contributed by atoms with E-state index in [-0.39, 0.29) is 0 Å². The van der Waals surface area contributed by atoms with Crippen molar-refractivity contribution in [1.29, 1.82) is 0 Å². The SMILES string of the molecule is COc1nsnc1C1CN2CCCC1C2.O=C(O)C(=O)O. The molecule has 3 atom stereocenters. The van der Waals surface area contributed by atoms with Crippen LogP contribution in [0, 0.1) is 5.92 Å². The second kappa shape index (κ2) is 6.81. The van der Waals surface area contributed by atoms with E-state index in [1.165, 1.54) is 37.7 Å². The van der Waals surface area contributed by atoms with Gasteiger partial charge in [0.25, 0.3) is 0 Å². The number of aliphatic carboxylic acids is 2. The molecule has 0 radical (unpaired) electrons. The van der Waals surface area contributed by atoms with E-state index in [4.69, 9.17) is 24.5 Å². The van der Waals surface area contributed by atoms with Gasteiger partial charge in [-0.1, -0.05) is 0 Å². The lowest BCUT2D eigenvalue weighted by molar-refractivity contribution is -0.159. The molecule has 8 nitrogen and oxygen atoms in total. The lowest BCUT2D eigenvalue weighted by Crippen LogP contribution is -2.25. The Morgan fingerprint density at radius 1 is 1.29 bits per heavy atom. The van der Waals surface area contributed by atoms with Crippen LogP contribution in [0.3, 0.4) is 0 Å². The van der Waals surface area contributed by atoms with Gasteiger partial charge < -0.3 is 19.8 Å². The van der Waals surface area contributed by atoms with Crippen molar-refractivity contribution in [3.8, 4) is 5.88 Å². The van der Waals surface area contributed by atoms with Gasteiger partial charge in [0, 0.05) is 19.0 Å². The predicted molar refractivity (Wildman–Crippen MR) is 73.6 cm³/mol. The topological polar surface area (TPSA) is 113 Å². The molecule has 0 spiro atoms. The molecule has 2 bridgehead atoms. The van der Waals surface area contributed by atoms with Crippen LogP contribution in [0.4, 0.5) is 0 Å². The van der Waals surface area contributed by atoms with Crippen LogP contribution in [0.2, 0.25) is 0 Å². The molecule has 9 heteroatoms. The van der Waals surface area contributed by atoms with Crippen molar-refractivity contribution in [1.82, 2.24) is 13.6 Å². The maximum atomic E-state index is 9.10. The molecule has 0 aliphatic carbocycles. The molecule has 1 aromatic rings. The molecule has 2 saturated heterocycles. The summed E-state index contributed by atoms with van der Waals surface area (Å²) < 4.78 is 13.9. The summed E-state index contributed by atoms with van der Waals surface area (Å²) in [6.45, 7) is 3.64. The average molecular weight is 315 g/mol. The third-order valence-electron chi connectivity index (χ3n) is 3.78. The van der Waals surface area contributed by atoms with Crippen molar-refractivity contribution in [2.75, 3.05) is 26.7 Å². The lowest BCUT2D eigenvalue weighted by atomic mass is 9.89. The van der Waals surface area contributed by atoms with E-state index in [1.54, 1.807) is 7.11 Å². The Bertz CT molecular complexity index is 509. The fourth-order valence-electron chi connectivity index (χ4n) is 2.88. The first-order chi connectivity index (χ1) is 10.0. The Morgan fingerprint density at radius 2 is 2.00 bits per heavy atom. The molecule has 0 saturated carbocycles. The highest BCUT2D eigenvalue weighted by molar-refractivity contribution is 6.99. The molecule has 21 heavy (non-hydrogen) atoms. The molecule has 2 N–H and O–H groups in total. The standard InChI is InChI=1S/C10H15N3OS.C2H2O4/c1-14-10-9(11-15-12-10)8-6-13-4-2-3-7(8)5-13;3-1(4)2(5)6/h7-8H,2-6H2,1H3;(H,3,4)(H,5,6). The van der Waals surface area contributed by atoms with Gasteiger partial charge in [-0.2, -0.15) is 4.37 Å². The number of fused-ring (bicyclic) bond motifs is 2. The van der Waals surface area contributed by atoms with E-state index >= 15 is 0 Å². The number of carboxylic acid groups (broad SMARTS) is 2. The first kappa shape index (κ1) is 15.6. The van der Waals surface area contributed by atoms with Gasteiger partial charge in [0.05, 0.1) is 18.8 Å². The van der Waals surface area contributed by atoms with Crippen molar-refractivity contribution in [2.45, 2.75) is 18.8 Å². The average Bonchev–Trinajstić information content (AvgIpc) is 3.03. The zero-order valence-electron chi connectivity index (χ0n) is 11.6. The molecular formula is C12H17N3O5S. The normalized spacial score (nSPS) is 26.6. The maximum Gasteiger partial charge on any atom is 0.414 e. The summed E-state index contributed by atoms with van der Waals surface area (Å²) in [6, 6.07) is 0. The lowest BCUT2D eigenvalue weighted by Gasteiger charge is -2.21. The van der Waals surface area contributed by atoms with E-state index in [9.17, 15) is 0 Å². The Kier molecular flexibility index (Phi) is 5.07. The highest BCUT2D eigenvalue weighted by atomic mass is 32.1. The van der Waals surface area contributed by atoms with Crippen LogP contribution in [0.25, 0.3) is 0 Å². The van der Waals surface area contributed by atoms with E-state index in [0.29, 0.717) is 5.92 Å². The van der Waals surface area contributed by atoms with E-state index in [0.717, 1.165) is 24.0 Å². The molecule has 1 aromatic heterocycles. The molecule has 2 fully saturated rings. The third kappa shape index (κ3) is 3.67. The van der Waals surface area contributed by atoms with Crippen molar-refractivity contribution in [2.24, 2.45) is 5.92 Å². The molecule has 116 valence electrons. The second-order valence-electron chi connectivity index (χ2n) is 5.04. The van der Waals surface area contributed by atoms with Crippen LogP contribution >= 0.6 is 11.7 Å². The summed E-state index contributed by atoms with van der Waals surface area (Å²) in [6.07, 6.45) is 2.67. The van der Waals surface area contributed by atoms with Gasteiger partial charge in [-0.25, -0.2) is 9.59 Å². The highest BCUT2D eigenvalue weighted by Gasteiger charge is 2.39. The van der Waals surface area contributed by atoms with Crippen molar-refractivity contribution >= 4 is 23.7 Å². The molecule has 0 amide bonds. The smallest absolute Gasteiger partial charge is 0.414 e. The molecule has 2 aliphatic rings. The summed E-state index contributed by atoms with van der Waals surface area (Å²) in [5, 5.41) is 14.8. The van der Waals surface area contributed by atoms with Gasteiger partial charge in [-0.15, -0.1) is 4.37 Å². The number of hydrogen-bond donors (Lipinski definition) is 2. The molecule has 3 heterocycles. The van der Waals surface area contributed by atoms with Crippen molar-refractivity contribution in [3.05, 3.63) is 5.69 Å². The fourth-order valence-corrected chi connectivity index (χ4v) is 3.46. The van der Waals surface area contributed by atoms with Gasteiger partial charge in [0.1, 0.15) is 5.69 Å². The third-order valence-corrected chi connectivity index (χ3v) is 4.30. The quantitative estimate of drug-likeness (QED) is 0.759. The molecule has 0 aromatic carbocycles. The predicted octanol–water partition coefficient (Wildman–Crippen LogP) is 0.511. The van der Waals surface area contributed by atoms with Crippen LogP contribution in [-0.4, -0.2) is 62.5 Å². The Balaban J connectivity index is 0.000000232. The van der Waals surface area contributed by atoms with Gasteiger partial charge in [-0.05, 0) is 25.3 Å². The minimum absolute atomic E-state index is 0.557. The number of nitrogens with zero attached hydrogens (tertiary/aromatic N) is 3. The van der Waals surface area contributed by atoms with E-state index in [1.807, 2.05) is 0 Å². The highest BCUT2D eigenvalue weighted by Crippen LogP contribution is 2.40. The van der Waals surface area contributed by atoms with Gasteiger partial charge in [0.2, 0.25) is 5.88 Å². The van der Waals surface area contributed by atoms with Gasteiger partial charge in [0.15, 0.2) is 0 Å². The van der Waals surface area contributed by atoms with Crippen LogP contribution in [0.1, 0.15) is 24.5 Å². The van der Waals surface area contributed by atoms with Crippen molar-refractivity contribution in [3.63, 3.8) is 0 Å². The number of methoxy groups -OCH3 is 1. The summed E-state index contributed by atoms with van der Waals surface area (Å²) in [4.78, 5) is 20.7. The van der Waals surface area contributed by atoms with Crippen LogP contribution < -0.4 is 4.74 Å². The number of ether oxygens (including phenoxy) is 1. The monoisotopic (exact) mass is 315 g/mol. The minimum Gasteiger partial charge on any atom is -0.479 e. The summed E-state index contributed by atoms with van der Waals surface area (Å²) in [7, 11) is 1.68. The first-order valence-corrected chi connectivity index (χ1v) is 7.31. The Morgan fingerprint density at radius 3 is 2.57 bits per heavy atom. The number of carboxylic acids is 2. The minimum atomic E-state index is -1.82. The molecule has 3 rings (SSSR count). The zero-order valence-corrected chi connectivity index (χ0v) is 12.4. The van der Waals surface area contributed by atoms with E-state index in [2.05, 4.69) is 13.6 Å². The van der Waals surface area contributed by atoms with Gasteiger partial charge in [-0.3, -0.25) is 0 Å². The Labute approximate surface area is 125 Å². The number of rotatable bonds is 2. The van der Waals surface area contributed by atoms with Crippen molar-refractivity contribution < 1.29 is 24.5 Å². The van der Waals surface area contributed by atoms with Crippen LogP contribution in [-0.2, 0) is 9.59 Å². The number of carbonyl (C=O) groups is 2. The van der Waals surface area contributed by atoms with Crippen LogP contribution in [0.5, 0.6) is 5.88 Å². The largest absolute Gasteiger partial charge is 0.479 e.